The van der Waals surface area contributed by atoms with Gasteiger partial charge in [-0.1, -0.05) is 12.8 Å². The Kier molecular flexibility index (Phi) is 9.22. The maximum absolute atomic E-state index is 11.8. The van der Waals surface area contributed by atoms with Crippen LogP contribution in [-0.4, -0.2) is 69.7 Å². The van der Waals surface area contributed by atoms with Crippen LogP contribution in [0.15, 0.2) is 30.5 Å². The minimum absolute atomic E-state index is 0.247. The smallest absolute Gasteiger partial charge is 0.319 e. The number of carbonyl (C=O) groups is 2. The molecule has 4 rings (SSSR count). The molecule has 1 aliphatic heterocycles. The van der Waals surface area contributed by atoms with Crippen molar-refractivity contribution in [3.05, 3.63) is 30.5 Å². The van der Waals surface area contributed by atoms with Crippen LogP contribution in [0.2, 0.25) is 0 Å². The Hall–Kier alpha value is -3.77. The van der Waals surface area contributed by atoms with Gasteiger partial charge in [0.2, 0.25) is 5.91 Å². The number of nitrogens with zero attached hydrogens (tertiary/aromatic N) is 5. The SMILES string of the molecule is CCNC(=O)Nc1ccc(-c2nc(N3CCOCC3)c3cnn(CCCCCCC(=O)NO)c3n2)cc1. The molecule has 3 amide bonds. The van der Waals surface area contributed by atoms with Gasteiger partial charge in [0.05, 0.1) is 24.8 Å². The molecule has 3 heterocycles. The summed E-state index contributed by atoms with van der Waals surface area (Å²) in [4.78, 5) is 35.0. The first kappa shape index (κ1) is 26.3. The highest BCUT2D eigenvalue weighted by molar-refractivity contribution is 5.90. The van der Waals surface area contributed by atoms with Crippen LogP contribution < -0.4 is 21.0 Å². The second-order valence-corrected chi connectivity index (χ2v) is 8.84. The number of amides is 3. The van der Waals surface area contributed by atoms with Gasteiger partial charge in [-0.2, -0.15) is 5.10 Å². The Morgan fingerprint density at radius 2 is 1.81 bits per heavy atom. The molecule has 2 aromatic heterocycles. The summed E-state index contributed by atoms with van der Waals surface area (Å²) in [7, 11) is 0. The van der Waals surface area contributed by atoms with E-state index in [0.717, 1.165) is 61.2 Å². The maximum atomic E-state index is 11.8. The van der Waals surface area contributed by atoms with Crippen molar-refractivity contribution in [3.63, 3.8) is 0 Å². The number of fused-ring (bicyclic) bond motifs is 1. The van der Waals surface area contributed by atoms with Crippen molar-refractivity contribution in [2.75, 3.05) is 43.1 Å². The van der Waals surface area contributed by atoms with Crippen molar-refractivity contribution in [2.24, 2.45) is 0 Å². The van der Waals surface area contributed by atoms with Gasteiger partial charge in [0, 0.05) is 43.9 Å². The summed E-state index contributed by atoms with van der Waals surface area (Å²) in [5, 5.41) is 19.6. The van der Waals surface area contributed by atoms with Gasteiger partial charge in [-0.3, -0.25) is 10.0 Å². The van der Waals surface area contributed by atoms with E-state index in [1.54, 1.807) is 5.48 Å². The Morgan fingerprint density at radius 3 is 2.54 bits per heavy atom. The van der Waals surface area contributed by atoms with E-state index in [2.05, 4.69) is 20.6 Å². The summed E-state index contributed by atoms with van der Waals surface area (Å²) in [6, 6.07) is 7.22. The molecule has 12 nitrogen and oxygen atoms in total. The monoisotopic (exact) mass is 510 g/mol. The number of hydrogen-bond donors (Lipinski definition) is 4. The first-order valence-electron chi connectivity index (χ1n) is 12.7. The standard InChI is InChI=1S/C25H34N8O4/c1-2-26-25(35)28-19-10-8-18(9-11-19)22-29-23(32-13-15-37-16-14-32)20-17-27-33(24(20)30-22)12-6-4-3-5-7-21(34)31-36/h8-11,17,36H,2-7,12-16H2,1H3,(H,31,34)(H2,26,28,35). The highest BCUT2D eigenvalue weighted by atomic mass is 16.5. The predicted molar refractivity (Wildman–Crippen MR) is 140 cm³/mol. The molecule has 0 radical (unpaired) electrons. The lowest BCUT2D eigenvalue weighted by atomic mass is 10.1. The average molecular weight is 511 g/mol. The number of carbonyl (C=O) groups excluding carboxylic acids is 2. The van der Waals surface area contributed by atoms with E-state index >= 15 is 0 Å². The van der Waals surface area contributed by atoms with Crippen LogP contribution in [0.25, 0.3) is 22.4 Å². The number of rotatable bonds is 11. The van der Waals surface area contributed by atoms with Crippen LogP contribution >= 0.6 is 0 Å². The lowest BCUT2D eigenvalue weighted by Gasteiger charge is -2.28. The average Bonchev–Trinajstić information content (AvgIpc) is 3.33. The number of ether oxygens (including phenoxy) is 1. The third kappa shape index (κ3) is 6.92. The molecule has 0 bridgehead atoms. The normalized spacial score (nSPS) is 13.5. The van der Waals surface area contributed by atoms with Crippen molar-refractivity contribution in [1.82, 2.24) is 30.5 Å². The molecular formula is C25H34N8O4. The zero-order chi connectivity index (χ0) is 26.0. The largest absolute Gasteiger partial charge is 0.378 e. The van der Waals surface area contributed by atoms with Gasteiger partial charge in [0.1, 0.15) is 5.82 Å². The van der Waals surface area contributed by atoms with E-state index in [1.165, 1.54) is 0 Å². The molecule has 3 aromatic rings. The molecule has 1 fully saturated rings. The van der Waals surface area contributed by atoms with Gasteiger partial charge in [-0.15, -0.1) is 0 Å². The van der Waals surface area contributed by atoms with Gasteiger partial charge < -0.3 is 20.3 Å². The number of hydrogen-bond acceptors (Lipinski definition) is 8. The van der Waals surface area contributed by atoms with Gasteiger partial charge in [-0.05, 0) is 44.0 Å². The molecular weight excluding hydrogens is 476 g/mol. The van der Waals surface area contributed by atoms with Crippen molar-refractivity contribution in [1.29, 1.82) is 0 Å². The van der Waals surface area contributed by atoms with Gasteiger partial charge in [0.25, 0.3) is 0 Å². The minimum Gasteiger partial charge on any atom is -0.378 e. The number of unbranched alkanes of at least 4 members (excludes halogenated alkanes) is 3. The molecule has 1 aromatic carbocycles. The van der Waals surface area contributed by atoms with Crippen LogP contribution in [-0.2, 0) is 16.1 Å². The minimum atomic E-state index is -0.356. The summed E-state index contributed by atoms with van der Waals surface area (Å²) >= 11 is 0. The second kappa shape index (κ2) is 13.0. The van der Waals surface area contributed by atoms with E-state index in [9.17, 15) is 9.59 Å². The Labute approximate surface area is 215 Å². The molecule has 1 saturated heterocycles. The van der Waals surface area contributed by atoms with Crippen LogP contribution in [0.5, 0.6) is 0 Å². The number of nitrogens with one attached hydrogen (secondary N) is 3. The lowest BCUT2D eigenvalue weighted by molar-refractivity contribution is -0.129. The van der Waals surface area contributed by atoms with E-state index in [4.69, 9.17) is 19.9 Å². The summed E-state index contributed by atoms with van der Waals surface area (Å²) in [6.07, 6.45) is 5.60. The highest BCUT2D eigenvalue weighted by Crippen LogP contribution is 2.29. The van der Waals surface area contributed by atoms with Gasteiger partial charge in [0.15, 0.2) is 11.5 Å². The molecule has 0 spiro atoms. The van der Waals surface area contributed by atoms with Gasteiger partial charge in [-0.25, -0.2) is 24.9 Å². The summed E-state index contributed by atoms with van der Waals surface area (Å²) < 4.78 is 7.45. The number of aromatic nitrogens is 4. The van der Waals surface area contributed by atoms with Crippen LogP contribution in [0.3, 0.4) is 0 Å². The molecule has 0 saturated carbocycles. The number of hydroxylamine groups is 1. The number of morpholine rings is 1. The number of benzene rings is 1. The van der Waals surface area contributed by atoms with Gasteiger partial charge >= 0.3 is 6.03 Å². The van der Waals surface area contributed by atoms with Crippen molar-refractivity contribution >= 4 is 34.5 Å². The number of urea groups is 1. The lowest BCUT2D eigenvalue weighted by Crippen LogP contribution is -2.37. The van der Waals surface area contributed by atoms with E-state index in [-0.39, 0.29) is 11.9 Å². The molecule has 0 unspecified atom stereocenters. The number of aryl methyl sites for hydroxylation is 1. The van der Waals surface area contributed by atoms with E-state index in [1.807, 2.05) is 42.1 Å². The van der Waals surface area contributed by atoms with E-state index < -0.39 is 0 Å². The summed E-state index contributed by atoms with van der Waals surface area (Å²) in [6.45, 7) is 5.89. The van der Waals surface area contributed by atoms with Crippen LogP contribution in [0, 0.1) is 0 Å². The third-order valence-electron chi connectivity index (χ3n) is 6.17. The zero-order valence-corrected chi connectivity index (χ0v) is 21.1. The quantitative estimate of drug-likeness (QED) is 0.175. The maximum Gasteiger partial charge on any atom is 0.319 e. The molecule has 198 valence electrons. The Bertz CT molecular complexity index is 1190. The Morgan fingerprint density at radius 1 is 1.05 bits per heavy atom. The predicted octanol–water partition coefficient (Wildman–Crippen LogP) is 2.93. The fraction of sp³-hybridized carbons (Fsp3) is 0.480. The molecule has 37 heavy (non-hydrogen) atoms. The fourth-order valence-corrected chi connectivity index (χ4v) is 4.24. The molecule has 1 aliphatic rings. The Balaban J connectivity index is 1.54. The van der Waals surface area contributed by atoms with Crippen molar-refractivity contribution in [2.45, 2.75) is 45.6 Å². The fourth-order valence-electron chi connectivity index (χ4n) is 4.24. The molecule has 0 atom stereocenters. The van der Waals surface area contributed by atoms with Crippen molar-refractivity contribution < 1.29 is 19.5 Å². The molecule has 4 N–H and O–H groups in total. The first-order chi connectivity index (χ1) is 18.1. The second-order valence-electron chi connectivity index (χ2n) is 8.84. The van der Waals surface area contributed by atoms with Crippen LogP contribution in [0.1, 0.15) is 39.0 Å². The van der Waals surface area contributed by atoms with Crippen LogP contribution in [0.4, 0.5) is 16.3 Å². The van der Waals surface area contributed by atoms with E-state index in [0.29, 0.717) is 44.2 Å². The molecule has 12 heteroatoms. The summed E-state index contributed by atoms with van der Waals surface area (Å²) in [5.41, 5.74) is 3.97. The van der Waals surface area contributed by atoms with Crippen molar-refractivity contribution in [3.8, 4) is 11.4 Å². The summed E-state index contributed by atoms with van der Waals surface area (Å²) in [5.74, 6) is 1.08. The number of anilines is 2. The topological polar surface area (TPSA) is 147 Å². The third-order valence-corrected chi connectivity index (χ3v) is 6.17. The first-order valence-corrected chi connectivity index (χ1v) is 12.7. The molecule has 0 aliphatic carbocycles. The highest BCUT2D eigenvalue weighted by Gasteiger charge is 2.20. The zero-order valence-electron chi connectivity index (χ0n) is 21.1.